The predicted molar refractivity (Wildman–Crippen MR) is 125 cm³/mol. The molecule has 0 spiro atoms. The summed E-state index contributed by atoms with van der Waals surface area (Å²) in [5.74, 6) is -5.59. The number of carboxylic acids is 1. The maximum atomic E-state index is 13.3. The average Bonchev–Trinajstić information content (AvgIpc) is 3.15. The number of carbonyl (C=O) groups excluding carboxylic acids is 3. The zero-order valence-electron chi connectivity index (χ0n) is 18.7. The van der Waals surface area contributed by atoms with Crippen molar-refractivity contribution in [3.05, 3.63) is 75.8 Å². The number of aryl methyl sites for hydroxylation is 1. The molecule has 1 aromatic heterocycles. The van der Waals surface area contributed by atoms with Gasteiger partial charge >= 0.3 is 5.97 Å². The second-order valence-electron chi connectivity index (χ2n) is 7.56. The molecule has 0 bridgehead atoms. The smallest absolute Gasteiger partial charge is 0.328 e. The van der Waals surface area contributed by atoms with Crippen molar-refractivity contribution in [3.8, 4) is 5.75 Å². The van der Waals surface area contributed by atoms with Crippen LogP contribution in [0, 0.1) is 18.6 Å². The van der Waals surface area contributed by atoms with Gasteiger partial charge in [-0.05, 0) is 36.8 Å². The molecule has 2 aromatic carbocycles. The molecule has 36 heavy (non-hydrogen) atoms. The lowest BCUT2D eigenvalue weighted by Crippen LogP contribution is -2.48. The third-order valence-electron chi connectivity index (χ3n) is 4.72. The number of carboxylic acid groups (broad SMARTS) is 1. The number of aliphatic carboxylic acids is 1. The standard InChI is InChI=1S/C23H20F2N4O6S/c1-11-19(36-23(27-11)29-18(31)6-12-3-2-4-16(30)5-12)21(33)28-17(22(34)35)10-26-20(32)13-7-14(24)9-15(25)8-13/h2-5,7-9,17,30H,6,10H2,1H3,(H,26,32)(H,28,33)(H,34,35)(H,27,29,31). The number of hydrogen-bond acceptors (Lipinski definition) is 7. The van der Waals surface area contributed by atoms with Crippen molar-refractivity contribution in [2.75, 3.05) is 11.9 Å². The zero-order chi connectivity index (χ0) is 26.4. The number of nitrogens with zero attached hydrogens (tertiary/aromatic N) is 1. The lowest BCUT2D eigenvalue weighted by Gasteiger charge is -2.15. The molecule has 5 N–H and O–H groups in total. The summed E-state index contributed by atoms with van der Waals surface area (Å²) in [6.07, 6.45) is -0.0510. The second-order valence-corrected chi connectivity index (χ2v) is 8.56. The highest BCUT2D eigenvalue weighted by Crippen LogP contribution is 2.23. The van der Waals surface area contributed by atoms with E-state index in [9.17, 15) is 38.2 Å². The van der Waals surface area contributed by atoms with E-state index in [1.54, 1.807) is 12.1 Å². The Morgan fingerprint density at radius 3 is 2.39 bits per heavy atom. The summed E-state index contributed by atoms with van der Waals surface area (Å²) < 4.78 is 26.6. The van der Waals surface area contributed by atoms with Crippen LogP contribution < -0.4 is 16.0 Å². The van der Waals surface area contributed by atoms with Gasteiger partial charge in [0, 0.05) is 18.2 Å². The number of phenolic OH excluding ortho intramolecular Hbond substituents is 1. The Morgan fingerprint density at radius 1 is 1.06 bits per heavy atom. The van der Waals surface area contributed by atoms with E-state index in [1.807, 2.05) is 0 Å². The molecule has 0 aliphatic rings. The van der Waals surface area contributed by atoms with Crippen molar-refractivity contribution >= 4 is 40.2 Å². The number of halogens is 2. The zero-order valence-corrected chi connectivity index (χ0v) is 19.5. The fourth-order valence-corrected chi connectivity index (χ4v) is 3.97. The van der Waals surface area contributed by atoms with Gasteiger partial charge in [0.25, 0.3) is 11.8 Å². The Kier molecular flexibility index (Phi) is 8.27. The molecule has 10 nitrogen and oxygen atoms in total. The molecule has 0 radical (unpaired) electrons. The molecule has 3 rings (SSSR count). The fourth-order valence-electron chi connectivity index (χ4n) is 3.08. The first kappa shape index (κ1) is 26.2. The molecule has 1 atom stereocenters. The van der Waals surface area contributed by atoms with Gasteiger partial charge in [-0.15, -0.1) is 0 Å². The van der Waals surface area contributed by atoms with Crippen molar-refractivity contribution in [1.29, 1.82) is 0 Å². The van der Waals surface area contributed by atoms with Crippen molar-refractivity contribution in [3.63, 3.8) is 0 Å². The van der Waals surface area contributed by atoms with Crippen molar-refractivity contribution < 1.29 is 38.2 Å². The Labute approximate surface area is 207 Å². The molecule has 3 aromatic rings. The van der Waals surface area contributed by atoms with Gasteiger partial charge in [-0.2, -0.15) is 0 Å². The SMILES string of the molecule is Cc1nc(NC(=O)Cc2cccc(O)c2)sc1C(=O)NC(CNC(=O)c1cc(F)cc(F)c1)C(=O)O. The Bertz CT molecular complexity index is 1310. The highest BCUT2D eigenvalue weighted by Gasteiger charge is 2.25. The third kappa shape index (κ3) is 7.06. The molecule has 0 saturated carbocycles. The quantitative estimate of drug-likeness (QED) is 0.291. The van der Waals surface area contributed by atoms with E-state index in [0.29, 0.717) is 11.6 Å². The molecule has 3 amide bonds. The first-order chi connectivity index (χ1) is 17.0. The van der Waals surface area contributed by atoms with Crippen LogP contribution in [0.3, 0.4) is 0 Å². The molecule has 13 heteroatoms. The maximum absolute atomic E-state index is 13.3. The van der Waals surface area contributed by atoms with E-state index in [4.69, 9.17) is 0 Å². The molecular formula is C23H20F2N4O6S. The highest BCUT2D eigenvalue weighted by molar-refractivity contribution is 7.17. The van der Waals surface area contributed by atoms with Crippen LogP contribution in [0.5, 0.6) is 5.75 Å². The van der Waals surface area contributed by atoms with Crippen LogP contribution in [-0.4, -0.2) is 51.5 Å². The highest BCUT2D eigenvalue weighted by atomic mass is 32.1. The molecular weight excluding hydrogens is 498 g/mol. The summed E-state index contributed by atoms with van der Waals surface area (Å²) in [7, 11) is 0. The van der Waals surface area contributed by atoms with E-state index in [2.05, 4.69) is 20.9 Å². The number of amides is 3. The van der Waals surface area contributed by atoms with Gasteiger partial charge in [0.2, 0.25) is 5.91 Å². The van der Waals surface area contributed by atoms with Crippen molar-refractivity contribution in [1.82, 2.24) is 15.6 Å². The van der Waals surface area contributed by atoms with Gasteiger partial charge in [-0.1, -0.05) is 23.5 Å². The van der Waals surface area contributed by atoms with Gasteiger partial charge < -0.3 is 26.2 Å². The molecule has 1 unspecified atom stereocenters. The monoisotopic (exact) mass is 518 g/mol. The molecule has 0 aliphatic heterocycles. The summed E-state index contributed by atoms with van der Waals surface area (Å²) in [6.45, 7) is 0.926. The molecule has 0 aliphatic carbocycles. The number of phenols is 1. The molecule has 1 heterocycles. The van der Waals surface area contributed by atoms with Gasteiger partial charge in [-0.3, -0.25) is 14.4 Å². The van der Waals surface area contributed by atoms with Gasteiger partial charge in [0.15, 0.2) is 5.13 Å². The summed E-state index contributed by atoms with van der Waals surface area (Å²) in [5, 5.41) is 26.0. The number of hydrogen-bond donors (Lipinski definition) is 5. The minimum absolute atomic E-state index is 0.0108. The van der Waals surface area contributed by atoms with Crippen LogP contribution in [0.2, 0.25) is 0 Å². The number of nitrogens with one attached hydrogen (secondary N) is 3. The Balaban J connectivity index is 1.61. The van der Waals surface area contributed by atoms with Crippen LogP contribution in [0.25, 0.3) is 0 Å². The Morgan fingerprint density at radius 2 is 1.75 bits per heavy atom. The summed E-state index contributed by atoms with van der Waals surface area (Å²) >= 11 is 0.820. The third-order valence-corrected chi connectivity index (χ3v) is 5.79. The average molecular weight is 518 g/mol. The van der Waals surface area contributed by atoms with E-state index >= 15 is 0 Å². The van der Waals surface area contributed by atoms with E-state index in [-0.39, 0.29) is 33.4 Å². The lowest BCUT2D eigenvalue weighted by molar-refractivity contribution is -0.139. The fraction of sp³-hybridized carbons (Fsp3) is 0.174. The Hall–Kier alpha value is -4.39. The number of aromatic hydroxyl groups is 1. The van der Waals surface area contributed by atoms with E-state index < -0.39 is 47.9 Å². The number of benzene rings is 2. The number of aromatic nitrogens is 1. The van der Waals surface area contributed by atoms with Crippen molar-refractivity contribution in [2.24, 2.45) is 0 Å². The minimum atomic E-state index is -1.56. The van der Waals surface area contributed by atoms with Crippen LogP contribution in [0.1, 0.15) is 31.3 Å². The minimum Gasteiger partial charge on any atom is -0.508 e. The summed E-state index contributed by atoms with van der Waals surface area (Å²) in [6, 6.07) is 6.72. The van der Waals surface area contributed by atoms with Gasteiger partial charge in [0.1, 0.15) is 28.3 Å². The van der Waals surface area contributed by atoms with Crippen LogP contribution in [0.15, 0.2) is 42.5 Å². The van der Waals surface area contributed by atoms with Crippen LogP contribution >= 0.6 is 11.3 Å². The number of rotatable bonds is 9. The van der Waals surface area contributed by atoms with Crippen LogP contribution in [0.4, 0.5) is 13.9 Å². The first-order valence-electron chi connectivity index (χ1n) is 10.3. The summed E-state index contributed by atoms with van der Waals surface area (Å²) in [4.78, 5) is 52.8. The second kappa shape index (κ2) is 11.4. The number of carbonyl (C=O) groups is 4. The molecule has 0 fully saturated rings. The van der Waals surface area contributed by atoms with Gasteiger partial charge in [0.05, 0.1) is 12.1 Å². The van der Waals surface area contributed by atoms with Crippen LogP contribution in [-0.2, 0) is 16.0 Å². The van der Waals surface area contributed by atoms with Gasteiger partial charge in [-0.25, -0.2) is 18.6 Å². The molecule has 0 saturated heterocycles. The number of anilines is 1. The summed E-state index contributed by atoms with van der Waals surface area (Å²) in [5.41, 5.74) is 0.437. The molecule has 188 valence electrons. The van der Waals surface area contributed by atoms with E-state index in [0.717, 1.165) is 23.5 Å². The maximum Gasteiger partial charge on any atom is 0.328 e. The lowest BCUT2D eigenvalue weighted by atomic mass is 10.1. The normalized spacial score (nSPS) is 11.4. The largest absolute Gasteiger partial charge is 0.508 e. The van der Waals surface area contributed by atoms with E-state index in [1.165, 1.54) is 19.1 Å². The number of thiazole rings is 1. The topological polar surface area (TPSA) is 158 Å². The first-order valence-corrected chi connectivity index (χ1v) is 11.2. The predicted octanol–water partition coefficient (Wildman–Crippen LogP) is 2.23. The van der Waals surface area contributed by atoms with Crippen molar-refractivity contribution in [2.45, 2.75) is 19.4 Å².